The highest BCUT2D eigenvalue weighted by molar-refractivity contribution is 5.97. The maximum absolute atomic E-state index is 12.0. The Morgan fingerprint density at radius 3 is 2.85 bits per heavy atom. The molecule has 0 bridgehead atoms. The number of amides is 1. The van der Waals surface area contributed by atoms with Crippen molar-refractivity contribution in [2.45, 2.75) is 6.42 Å². The molecule has 1 amide bonds. The number of carbonyl (C=O) groups excluding carboxylic acids is 1. The molecule has 0 saturated carbocycles. The number of phenols is 1. The van der Waals surface area contributed by atoms with Crippen LogP contribution in [0.15, 0.2) is 42.6 Å². The molecular weight excluding hydrogens is 256 g/mol. The van der Waals surface area contributed by atoms with Gasteiger partial charge in [0.1, 0.15) is 0 Å². The summed E-state index contributed by atoms with van der Waals surface area (Å²) in [5.74, 6) is -0.204. The van der Waals surface area contributed by atoms with Crippen LogP contribution >= 0.6 is 0 Å². The van der Waals surface area contributed by atoms with Crippen molar-refractivity contribution in [1.82, 2.24) is 10.3 Å². The quantitative estimate of drug-likeness (QED) is 0.870. The van der Waals surface area contributed by atoms with E-state index in [2.05, 4.69) is 10.3 Å². The fraction of sp³-hybridized carbons (Fsp3) is 0.200. The van der Waals surface area contributed by atoms with Gasteiger partial charge in [-0.2, -0.15) is 0 Å². The lowest BCUT2D eigenvalue weighted by Crippen LogP contribution is -2.26. The van der Waals surface area contributed by atoms with E-state index < -0.39 is 0 Å². The third kappa shape index (κ3) is 3.26. The Hall–Kier alpha value is -2.56. The van der Waals surface area contributed by atoms with E-state index in [0.717, 1.165) is 5.69 Å². The van der Waals surface area contributed by atoms with Crippen LogP contribution in [0.2, 0.25) is 0 Å². The van der Waals surface area contributed by atoms with Crippen LogP contribution in [0, 0.1) is 0 Å². The lowest BCUT2D eigenvalue weighted by atomic mass is 10.1. The van der Waals surface area contributed by atoms with Crippen molar-refractivity contribution >= 4 is 5.91 Å². The minimum Gasteiger partial charge on any atom is -0.504 e. The minimum absolute atomic E-state index is 0.148. The van der Waals surface area contributed by atoms with Gasteiger partial charge in [-0.15, -0.1) is 0 Å². The number of ether oxygens (including phenoxy) is 1. The molecule has 1 aromatic heterocycles. The molecule has 0 radical (unpaired) electrons. The smallest absolute Gasteiger partial charge is 0.255 e. The van der Waals surface area contributed by atoms with Crippen LogP contribution in [0.1, 0.15) is 16.1 Å². The van der Waals surface area contributed by atoms with E-state index >= 15 is 0 Å². The lowest BCUT2D eigenvalue weighted by molar-refractivity contribution is 0.0951. The molecular formula is C15H16N2O3. The monoisotopic (exact) mass is 272 g/mol. The molecule has 20 heavy (non-hydrogen) atoms. The van der Waals surface area contributed by atoms with Crippen LogP contribution in [-0.2, 0) is 6.42 Å². The number of para-hydroxylation sites is 1. The van der Waals surface area contributed by atoms with Crippen molar-refractivity contribution in [1.29, 1.82) is 0 Å². The first kappa shape index (κ1) is 13.9. The van der Waals surface area contributed by atoms with E-state index in [4.69, 9.17) is 4.74 Å². The first-order chi connectivity index (χ1) is 9.72. The van der Waals surface area contributed by atoms with E-state index in [1.54, 1.807) is 24.4 Å². The van der Waals surface area contributed by atoms with Gasteiger partial charge >= 0.3 is 0 Å². The number of nitrogens with zero attached hydrogens (tertiary/aromatic N) is 1. The number of pyridine rings is 1. The molecule has 104 valence electrons. The SMILES string of the molecule is COc1cccc(C(=O)NCCc2ccccn2)c1O. The zero-order valence-corrected chi connectivity index (χ0v) is 11.2. The molecule has 0 aliphatic carbocycles. The average molecular weight is 272 g/mol. The number of rotatable bonds is 5. The molecule has 0 spiro atoms. The van der Waals surface area contributed by atoms with Crippen molar-refractivity contribution in [3.8, 4) is 11.5 Å². The van der Waals surface area contributed by atoms with Crippen LogP contribution in [0.4, 0.5) is 0 Å². The van der Waals surface area contributed by atoms with Gasteiger partial charge in [-0.25, -0.2) is 0 Å². The predicted octanol–water partition coefficient (Wildman–Crippen LogP) is 1.77. The maximum atomic E-state index is 12.0. The topological polar surface area (TPSA) is 71.5 Å². The molecule has 2 rings (SSSR count). The van der Waals surface area contributed by atoms with Gasteiger partial charge in [-0.05, 0) is 24.3 Å². The number of nitrogens with one attached hydrogen (secondary N) is 1. The highest BCUT2D eigenvalue weighted by Gasteiger charge is 2.14. The van der Waals surface area contributed by atoms with Gasteiger partial charge in [0.15, 0.2) is 11.5 Å². The zero-order valence-electron chi connectivity index (χ0n) is 11.2. The molecule has 0 atom stereocenters. The van der Waals surface area contributed by atoms with Crippen molar-refractivity contribution in [2.75, 3.05) is 13.7 Å². The van der Waals surface area contributed by atoms with E-state index in [1.165, 1.54) is 7.11 Å². The Morgan fingerprint density at radius 1 is 1.30 bits per heavy atom. The minimum atomic E-state index is -0.336. The number of hydrogen-bond donors (Lipinski definition) is 2. The molecule has 0 unspecified atom stereocenters. The Kier molecular flexibility index (Phi) is 4.55. The van der Waals surface area contributed by atoms with E-state index in [9.17, 15) is 9.90 Å². The van der Waals surface area contributed by atoms with Crippen molar-refractivity contribution in [2.24, 2.45) is 0 Å². The summed E-state index contributed by atoms with van der Waals surface area (Å²) >= 11 is 0. The summed E-state index contributed by atoms with van der Waals surface area (Å²) in [6.07, 6.45) is 2.35. The summed E-state index contributed by atoms with van der Waals surface area (Å²) < 4.78 is 4.97. The summed E-state index contributed by atoms with van der Waals surface area (Å²) in [6.45, 7) is 0.451. The number of methoxy groups -OCH3 is 1. The van der Waals surface area contributed by atoms with Gasteiger partial charge in [-0.3, -0.25) is 9.78 Å². The lowest BCUT2D eigenvalue weighted by Gasteiger charge is -2.09. The molecule has 0 saturated heterocycles. The zero-order chi connectivity index (χ0) is 14.4. The molecule has 1 heterocycles. The number of phenolic OH excluding ortho intramolecular Hbond substituents is 1. The predicted molar refractivity (Wildman–Crippen MR) is 74.9 cm³/mol. The second kappa shape index (κ2) is 6.56. The van der Waals surface area contributed by atoms with Gasteiger partial charge in [0.25, 0.3) is 5.91 Å². The van der Waals surface area contributed by atoms with Crippen molar-refractivity contribution < 1.29 is 14.6 Å². The molecule has 2 N–H and O–H groups in total. The van der Waals surface area contributed by atoms with Crippen LogP contribution < -0.4 is 10.1 Å². The number of aromatic hydroxyl groups is 1. The standard InChI is InChI=1S/C15H16N2O3/c1-20-13-7-4-6-12(14(13)18)15(19)17-10-8-11-5-2-3-9-16-11/h2-7,9,18H,8,10H2,1H3,(H,17,19). The first-order valence-electron chi connectivity index (χ1n) is 6.26. The number of carbonyl (C=O) groups is 1. The van der Waals surface area contributed by atoms with Gasteiger partial charge < -0.3 is 15.2 Å². The Bertz CT molecular complexity index is 585. The van der Waals surface area contributed by atoms with Gasteiger partial charge in [-0.1, -0.05) is 12.1 Å². The molecule has 0 aliphatic rings. The highest BCUT2D eigenvalue weighted by Crippen LogP contribution is 2.29. The fourth-order valence-corrected chi connectivity index (χ4v) is 1.82. The van der Waals surface area contributed by atoms with Gasteiger partial charge in [0, 0.05) is 24.9 Å². The summed E-state index contributed by atoms with van der Waals surface area (Å²) in [5, 5.41) is 12.6. The summed E-state index contributed by atoms with van der Waals surface area (Å²) in [5.41, 5.74) is 1.10. The highest BCUT2D eigenvalue weighted by atomic mass is 16.5. The molecule has 5 nitrogen and oxygen atoms in total. The van der Waals surface area contributed by atoms with E-state index in [0.29, 0.717) is 13.0 Å². The van der Waals surface area contributed by atoms with Gasteiger partial charge in [0.2, 0.25) is 0 Å². The summed E-state index contributed by atoms with van der Waals surface area (Å²) in [6, 6.07) is 10.4. The van der Waals surface area contributed by atoms with Crippen LogP contribution in [0.5, 0.6) is 11.5 Å². The molecule has 1 aromatic carbocycles. The molecule has 0 fully saturated rings. The van der Waals surface area contributed by atoms with Crippen molar-refractivity contribution in [3.63, 3.8) is 0 Å². The maximum Gasteiger partial charge on any atom is 0.255 e. The largest absolute Gasteiger partial charge is 0.504 e. The average Bonchev–Trinajstić information content (AvgIpc) is 2.48. The summed E-state index contributed by atoms with van der Waals surface area (Å²) in [4.78, 5) is 16.1. The Morgan fingerprint density at radius 2 is 2.15 bits per heavy atom. The van der Waals surface area contributed by atoms with Gasteiger partial charge in [0.05, 0.1) is 12.7 Å². The first-order valence-corrected chi connectivity index (χ1v) is 6.26. The fourth-order valence-electron chi connectivity index (χ4n) is 1.82. The van der Waals surface area contributed by atoms with E-state index in [1.807, 2.05) is 18.2 Å². The van der Waals surface area contributed by atoms with Crippen LogP contribution in [-0.4, -0.2) is 29.7 Å². The van der Waals surface area contributed by atoms with Crippen LogP contribution in [0.25, 0.3) is 0 Å². The van der Waals surface area contributed by atoms with Crippen molar-refractivity contribution in [3.05, 3.63) is 53.9 Å². The second-order valence-electron chi connectivity index (χ2n) is 4.18. The number of aromatic nitrogens is 1. The number of benzene rings is 1. The summed E-state index contributed by atoms with van der Waals surface area (Å²) in [7, 11) is 1.44. The number of hydrogen-bond acceptors (Lipinski definition) is 4. The Balaban J connectivity index is 1.95. The normalized spacial score (nSPS) is 10.1. The molecule has 5 heteroatoms. The second-order valence-corrected chi connectivity index (χ2v) is 4.18. The van der Waals surface area contributed by atoms with E-state index in [-0.39, 0.29) is 23.0 Å². The Labute approximate surface area is 117 Å². The third-order valence-electron chi connectivity index (χ3n) is 2.86. The molecule has 0 aliphatic heterocycles. The third-order valence-corrected chi connectivity index (χ3v) is 2.86. The molecule has 2 aromatic rings. The van der Waals surface area contributed by atoms with Crippen LogP contribution in [0.3, 0.4) is 0 Å².